The monoisotopic (exact) mass is 373 g/mol. The van der Waals surface area contributed by atoms with Gasteiger partial charge in [0, 0.05) is 36.0 Å². The number of aromatic nitrogens is 1. The standard InChI is InChI=1S/C20H24ClN3S/c21-16-10-8-15(9-11-16)19-18-7-4-12-23(18)13-14-24(19)20(25)22-17-5-2-1-3-6-17/h4,7-12,17,19H,1-3,5-6,13-14H2,(H,22,25). The van der Waals surface area contributed by atoms with Gasteiger partial charge in [0.1, 0.15) is 0 Å². The summed E-state index contributed by atoms with van der Waals surface area (Å²) < 4.78 is 2.33. The van der Waals surface area contributed by atoms with Gasteiger partial charge in [0.15, 0.2) is 5.11 Å². The maximum atomic E-state index is 6.10. The van der Waals surface area contributed by atoms with Crippen LogP contribution in [-0.2, 0) is 6.54 Å². The molecule has 1 atom stereocenters. The molecule has 0 bridgehead atoms. The van der Waals surface area contributed by atoms with Crippen molar-refractivity contribution >= 4 is 28.9 Å². The van der Waals surface area contributed by atoms with Crippen LogP contribution in [-0.4, -0.2) is 27.2 Å². The SMILES string of the molecule is S=C(NC1CCCCC1)N1CCn2cccc2C1c1ccc(Cl)cc1. The van der Waals surface area contributed by atoms with Gasteiger partial charge in [-0.25, -0.2) is 0 Å². The first kappa shape index (κ1) is 16.9. The minimum atomic E-state index is 0.143. The number of hydrogen-bond acceptors (Lipinski definition) is 1. The van der Waals surface area contributed by atoms with E-state index in [0.717, 1.165) is 23.2 Å². The van der Waals surface area contributed by atoms with Gasteiger partial charge in [-0.1, -0.05) is 43.0 Å². The third kappa shape index (κ3) is 3.56. The largest absolute Gasteiger partial charge is 0.360 e. The molecule has 1 aliphatic heterocycles. The second-order valence-electron chi connectivity index (χ2n) is 7.06. The number of benzene rings is 1. The molecule has 2 aliphatic rings. The van der Waals surface area contributed by atoms with Gasteiger partial charge in [0.2, 0.25) is 0 Å². The Labute approximate surface area is 160 Å². The van der Waals surface area contributed by atoms with Gasteiger partial charge in [0.25, 0.3) is 0 Å². The lowest BCUT2D eigenvalue weighted by molar-refractivity contribution is 0.278. The molecule has 1 saturated carbocycles. The van der Waals surface area contributed by atoms with Crippen LogP contribution in [0.1, 0.15) is 49.4 Å². The van der Waals surface area contributed by atoms with Crippen LogP contribution in [0.2, 0.25) is 5.02 Å². The molecule has 4 rings (SSSR count). The first-order chi connectivity index (χ1) is 12.2. The van der Waals surface area contributed by atoms with Gasteiger partial charge in [-0.3, -0.25) is 0 Å². The summed E-state index contributed by atoms with van der Waals surface area (Å²) in [7, 11) is 0. The number of hydrogen-bond donors (Lipinski definition) is 1. The number of rotatable bonds is 2. The quantitative estimate of drug-likeness (QED) is 0.767. The Bertz CT molecular complexity index is 734. The van der Waals surface area contributed by atoms with E-state index >= 15 is 0 Å². The summed E-state index contributed by atoms with van der Waals surface area (Å²) in [5.41, 5.74) is 2.53. The second-order valence-corrected chi connectivity index (χ2v) is 7.88. The first-order valence-electron chi connectivity index (χ1n) is 9.20. The van der Waals surface area contributed by atoms with Gasteiger partial charge < -0.3 is 14.8 Å². The van der Waals surface area contributed by atoms with E-state index in [9.17, 15) is 0 Å². The van der Waals surface area contributed by atoms with E-state index < -0.39 is 0 Å². The number of nitrogens with zero attached hydrogens (tertiary/aromatic N) is 2. The molecular formula is C20H24ClN3S. The van der Waals surface area contributed by atoms with E-state index in [4.69, 9.17) is 23.8 Å². The Balaban J connectivity index is 1.61. The lowest BCUT2D eigenvalue weighted by Crippen LogP contribution is -2.50. The molecule has 0 saturated heterocycles. The molecule has 0 amide bonds. The zero-order valence-corrected chi connectivity index (χ0v) is 15.9. The minimum absolute atomic E-state index is 0.143. The third-order valence-corrected chi connectivity index (χ3v) is 6.02. The molecule has 1 N–H and O–H groups in total. The second kappa shape index (κ2) is 7.38. The minimum Gasteiger partial charge on any atom is -0.360 e. The van der Waals surface area contributed by atoms with Crippen molar-refractivity contribution in [1.29, 1.82) is 0 Å². The molecule has 132 valence electrons. The normalized spacial score (nSPS) is 21.0. The van der Waals surface area contributed by atoms with E-state index in [1.807, 2.05) is 12.1 Å². The maximum Gasteiger partial charge on any atom is 0.170 e. The fourth-order valence-corrected chi connectivity index (χ4v) is 4.59. The molecule has 25 heavy (non-hydrogen) atoms. The zero-order valence-electron chi connectivity index (χ0n) is 14.3. The van der Waals surface area contributed by atoms with Crippen LogP contribution in [0.5, 0.6) is 0 Å². The van der Waals surface area contributed by atoms with Gasteiger partial charge in [-0.15, -0.1) is 0 Å². The van der Waals surface area contributed by atoms with Crippen molar-refractivity contribution in [3.05, 3.63) is 58.9 Å². The molecule has 0 spiro atoms. The molecular weight excluding hydrogens is 350 g/mol. The first-order valence-corrected chi connectivity index (χ1v) is 9.98. The Morgan fingerprint density at radius 2 is 1.80 bits per heavy atom. The summed E-state index contributed by atoms with van der Waals surface area (Å²) in [6.45, 7) is 1.90. The summed E-state index contributed by atoms with van der Waals surface area (Å²) in [5, 5.41) is 5.30. The summed E-state index contributed by atoms with van der Waals surface area (Å²) in [5.74, 6) is 0. The Kier molecular flexibility index (Phi) is 5.00. The lowest BCUT2D eigenvalue weighted by atomic mass is 9.95. The van der Waals surface area contributed by atoms with Crippen LogP contribution in [0.25, 0.3) is 0 Å². The van der Waals surface area contributed by atoms with Crippen molar-refractivity contribution in [2.75, 3.05) is 6.54 Å². The smallest absolute Gasteiger partial charge is 0.170 e. The third-order valence-electron chi connectivity index (χ3n) is 5.42. The number of halogens is 1. The average molecular weight is 374 g/mol. The Morgan fingerprint density at radius 3 is 2.56 bits per heavy atom. The molecule has 1 fully saturated rings. The summed E-state index contributed by atoms with van der Waals surface area (Å²) in [6, 6.07) is 13.2. The lowest BCUT2D eigenvalue weighted by Gasteiger charge is -2.40. The molecule has 2 aromatic rings. The van der Waals surface area contributed by atoms with Crippen molar-refractivity contribution < 1.29 is 0 Å². The Hall–Kier alpha value is -1.52. The number of thiocarbonyl (C=S) groups is 1. The van der Waals surface area contributed by atoms with Crippen molar-refractivity contribution in [2.24, 2.45) is 0 Å². The highest BCUT2D eigenvalue weighted by Gasteiger charge is 2.31. The molecule has 2 heterocycles. The highest BCUT2D eigenvalue weighted by Crippen LogP contribution is 2.33. The fraction of sp³-hybridized carbons (Fsp3) is 0.450. The van der Waals surface area contributed by atoms with Gasteiger partial charge in [-0.2, -0.15) is 0 Å². The number of fused-ring (bicyclic) bond motifs is 1. The average Bonchev–Trinajstić information content (AvgIpc) is 3.11. The van der Waals surface area contributed by atoms with E-state index in [2.05, 4.69) is 45.2 Å². The molecule has 1 unspecified atom stereocenters. The van der Waals surface area contributed by atoms with E-state index in [1.54, 1.807) is 0 Å². The summed E-state index contributed by atoms with van der Waals surface area (Å²) in [6.07, 6.45) is 8.60. The predicted octanol–water partition coefficient (Wildman–Crippen LogP) is 4.75. The van der Waals surface area contributed by atoms with Gasteiger partial charge >= 0.3 is 0 Å². The van der Waals surface area contributed by atoms with Crippen molar-refractivity contribution in [2.45, 2.75) is 50.7 Å². The fourth-order valence-electron chi connectivity index (χ4n) is 4.10. The summed E-state index contributed by atoms with van der Waals surface area (Å²) in [4.78, 5) is 2.35. The topological polar surface area (TPSA) is 20.2 Å². The van der Waals surface area contributed by atoms with E-state index in [-0.39, 0.29) is 6.04 Å². The van der Waals surface area contributed by atoms with Gasteiger partial charge in [0.05, 0.1) is 6.04 Å². The van der Waals surface area contributed by atoms with Crippen molar-refractivity contribution in [1.82, 2.24) is 14.8 Å². The highest BCUT2D eigenvalue weighted by atomic mass is 35.5. The van der Waals surface area contributed by atoms with Crippen LogP contribution < -0.4 is 5.32 Å². The maximum absolute atomic E-state index is 6.10. The molecule has 1 aromatic heterocycles. The molecule has 0 radical (unpaired) electrons. The molecule has 3 nitrogen and oxygen atoms in total. The summed E-state index contributed by atoms with van der Waals surface area (Å²) >= 11 is 11.9. The van der Waals surface area contributed by atoms with Crippen LogP contribution in [0, 0.1) is 0 Å². The zero-order chi connectivity index (χ0) is 17.2. The van der Waals surface area contributed by atoms with Crippen molar-refractivity contribution in [3.8, 4) is 0 Å². The van der Waals surface area contributed by atoms with Gasteiger partial charge in [-0.05, 0) is 54.9 Å². The van der Waals surface area contributed by atoms with E-state index in [0.29, 0.717) is 6.04 Å². The molecule has 1 aliphatic carbocycles. The van der Waals surface area contributed by atoms with Crippen molar-refractivity contribution in [3.63, 3.8) is 0 Å². The Morgan fingerprint density at radius 1 is 1.04 bits per heavy atom. The highest BCUT2D eigenvalue weighted by molar-refractivity contribution is 7.80. The van der Waals surface area contributed by atoms with Crippen LogP contribution in [0.4, 0.5) is 0 Å². The molecule has 1 aromatic carbocycles. The van der Waals surface area contributed by atoms with Crippen LogP contribution in [0.15, 0.2) is 42.6 Å². The van der Waals surface area contributed by atoms with Crippen LogP contribution in [0.3, 0.4) is 0 Å². The van der Waals surface area contributed by atoms with Crippen LogP contribution >= 0.6 is 23.8 Å². The number of nitrogens with one attached hydrogen (secondary N) is 1. The molecule has 5 heteroatoms. The van der Waals surface area contributed by atoms with E-state index in [1.165, 1.54) is 43.4 Å². The predicted molar refractivity (Wildman–Crippen MR) is 107 cm³/mol.